The van der Waals surface area contributed by atoms with E-state index in [2.05, 4.69) is 0 Å². The van der Waals surface area contributed by atoms with Crippen molar-refractivity contribution in [2.45, 2.75) is 38.5 Å². The summed E-state index contributed by atoms with van der Waals surface area (Å²) in [5.41, 5.74) is 0.490. The number of benzene rings is 1. The number of halogens is 2. The highest BCUT2D eigenvalue weighted by Gasteiger charge is 2.25. The molecular weight excluding hydrogens is 234 g/mol. The standard InChI is InChI=1S/C15H18F2O/c16-14-12(9-11-3-4-11)5-6-13(15(14)17)18-8-7-10-1-2-10/h5-6,10-11H,1-4,7-9H2. The van der Waals surface area contributed by atoms with Gasteiger partial charge in [0.25, 0.3) is 0 Å². The molecule has 2 fully saturated rings. The predicted octanol–water partition coefficient (Wildman–Crippen LogP) is 4.10. The molecule has 18 heavy (non-hydrogen) atoms. The summed E-state index contributed by atoms with van der Waals surface area (Å²) in [6.45, 7) is 0.489. The fraction of sp³-hybridized carbons (Fsp3) is 0.600. The van der Waals surface area contributed by atoms with Crippen LogP contribution in [0.5, 0.6) is 5.75 Å². The Morgan fingerprint density at radius 2 is 1.72 bits per heavy atom. The lowest BCUT2D eigenvalue weighted by Gasteiger charge is -2.09. The molecule has 1 nitrogen and oxygen atoms in total. The Morgan fingerprint density at radius 1 is 1.00 bits per heavy atom. The Balaban J connectivity index is 1.63. The molecule has 2 saturated carbocycles. The summed E-state index contributed by atoms with van der Waals surface area (Å²) in [7, 11) is 0. The van der Waals surface area contributed by atoms with Crippen LogP contribution in [0, 0.1) is 23.5 Å². The molecule has 0 heterocycles. The van der Waals surface area contributed by atoms with Crippen molar-refractivity contribution in [1.29, 1.82) is 0 Å². The average molecular weight is 252 g/mol. The molecule has 1 aromatic rings. The van der Waals surface area contributed by atoms with Gasteiger partial charge in [-0.25, -0.2) is 4.39 Å². The molecule has 0 amide bonds. The van der Waals surface area contributed by atoms with E-state index in [1.165, 1.54) is 12.8 Å². The van der Waals surface area contributed by atoms with Crippen LogP contribution in [0.15, 0.2) is 12.1 Å². The number of rotatable bonds is 6. The van der Waals surface area contributed by atoms with E-state index >= 15 is 0 Å². The van der Waals surface area contributed by atoms with E-state index < -0.39 is 11.6 Å². The summed E-state index contributed by atoms with van der Waals surface area (Å²) in [5, 5.41) is 0. The van der Waals surface area contributed by atoms with Gasteiger partial charge in [0.2, 0.25) is 5.82 Å². The van der Waals surface area contributed by atoms with Crippen molar-refractivity contribution in [2.24, 2.45) is 11.8 Å². The quantitative estimate of drug-likeness (QED) is 0.740. The van der Waals surface area contributed by atoms with Gasteiger partial charge in [0.1, 0.15) is 0 Å². The van der Waals surface area contributed by atoms with Crippen LogP contribution in [0.2, 0.25) is 0 Å². The van der Waals surface area contributed by atoms with Crippen LogP contribution in [0.3, 0.4) is 0 Å². The minimum absolute atomic E-state index is 0.0627. The highest BCUT2D eigenvalue weighted by atomic mass is 19.2. The van der Waals surface area contributed by atoms with E-state index in [9.17, 15) is 8.78 Å². The summed E-state index contributed by atoms with van der Waals surface area (Å²) in [6, 6.07) is 3.24. The first kappa shape index (κ1) is 11.9. The molecular formula is C15H18F2O. The van der Waals surface area contributed by atoms with E-state index in [0.29, 0.717) is 24.5 Å². The van der Waals surface area contributed by atoms with E-state index in [-0.39, 0.29) is 5.75 Å². The number of ether oxygens (including phenoxy) is 1. The fourth-order valence-corrected chi connectivity index (χ4v) is 2.22. The summed E-state index contributed by atoms with van der Waals surface area (Å²) in [6.07, 6.45) is 6.39. The Morgan fingerprint density at radius 3 is 2.39 bits per heavy atom. The molecule has 1 aromatic carbocycles. The van der Waals surface area contributed by atoms with Crippen LogP contribution in [0.25, 0.3) is 0 Å². The highest BCUT2D eigenvalue weighted by Crippen LogP contribution is 2.35. The molecule has 3 heteroatoms. The van der Waals surface area contributed by atoms with Gasteiger partial charge >= 0.3 is 0 Å². The van der Waals surface area contributed by atoms with Gasteiger partial charge in [-0.1, -0.05) is 18.9 Å². The van der Waals surface area contributed by atoms with Crippen LogP contribution in [0.4, 0.5) is 8.78 Å². The summed E-state index contributed by atoms with van der Waals surface area (Å²) in [4.78, 5) is 0. The molecule has 0 aromatic heterocycles. The summed E-state index contributed by atoms with van der Waals surface area (Å²) >= 11 is 0. The highest BCUT2D eigenvalue weighted by molar-refractivity contribution is 5.31. The van der Waals surface area contributed by atoms with Gasteiger partial charge in [0.05, 0.1) is 6.61 Å². The Kier molecular flexibility index (Phi) is 3.23. The minimum atomic E-state index is -0.816. The third-order valence-corrected chi connectivity index (χ3v) is 3.81. The zero-order valence-electron chi connectivity index (χ0n) is 10.4. The van der Waals surface area contributed by atoms with Crippen molar-refractivity contribution >= 4 is 0 Å². The topological polar surface area (TPSA) is 9.23 Å². The molecule has 0 atom stereocenters. The molecule has 0 bridgehead atoms. The largest absolute Gasteiger partial charge is 0.490 e. The molecule has 0 spiro atoms. The fourth-order valence-electron chi connectivity index (χ4n) is 2.22. The van der Waals surface area contributed by atoms with E-state index in [0.717, 1.165) is 25.2 Å². The van der Waals surface area contributed by atoms with Crippen molar-refractivity contribution in [3.8, 4) is 5.75 Å². The van der Waals surface area contributed by atoms with Gasteiger partial charge in [-0.15, -0.1) is 0 Å². The lowest BCUT2D eigenvalue weighted by molar-refractivity contribution is 0.282. The lowest BCUT2D eigenvalue weighted by Crippen LogP contribution is -2.03. The monoisotopic (exact) mass is 252 g/mol. The van der Waals surface area contributed by atoms with Crippen LogP contribution < -0.4 is 4.74 Å². The number of hydrogen-bond donors (Lipinski definition) is 0. The third kappa shape index (κ3) is 2.82. The molecule has 0 saturated heterocycles. The second-order valence-electron chi connectivity index (χ2n) is 5.58. The van der Waals surface area contributed by atoms with Crippen LogP contribution in [0.1, 0.15) is 37.7 Å². The van der Waals surface area contributed by atoms with Gasteiger partial charge in [0.15, 0.2) is 11.6 Å². The first-order chi connectivity index (χ1) is 8.74. The van der Waals surface area contributed by atoms with Crippen molar-refractivity contribution in [1.82, 2.24) is 0 Å². The predicted molar refractivity (Wildman–Crippen MR) is 65.6 cm³/mol. The van der Waals surface area contributed by atoms with Crippen molar-refractivity contribution in [2.75, 3.05) is 6.61 Å². The second-order valence-corrected chi connectivity index (χ2v) is 5.58. The SMILES string of the molecule is Fc1c(CC2CC2)ccc(OCCC2CC2)c1F. The van der Waals surface area contributed by atoms with Crippen LogP contribution in [-0.4, -0.2) is 6.61 Å². The lowest BCUT2D eigenvalue weighted by atomic mass is 10.1. The van der Waals surface area contributed by atoms with E-state index in [4.69, 9.17) is 4.74 Å². The van der Waals surface area contributed by atoms with Gasteiger partial charge < -0.3 is 4.74 Å². The Bertz CT molecular complexity index is 436. The molecule has 0 N–H and O–H groups in total. The Labute approximate surface area is 106 Å². The third-order valence-electron chi connectivity index (χ3n) is 3.81. The van der Waals surface area contributed by atoms with Gasteiger partial charge in [0, 0.05) is 0 Å². The first-order valence-electron chi connectivity index (χ1n) is 6.83. The molecule has 2 aliphatic carbocycles. The summed E-state index contributed by atoms with van der Waals surface area (Å²) < 4.78 is 32.9. The molecule has 0 unspecified atom stereocenters. The van der Waals surface area contributed by atoms with E-state index in [1.54, 1.807) is 12.1 Å². The van der Waals surface area contributed by atoms with Gasteiger partial charge in [-0.05, 0) is 49.1 Å². The first-order valence-corrected chi connectivity index (χ1v) is 6.83. The maximum absolute atomic E-state index is 13.8. The second kappa shape index (κ2) is 4.87. The van der Waals surface area contributed by atoms with Gasteiger partial charge in [-0.3, -0.25) is 0 Å². The zero-order valence-corrected chi connectivity index (χ0v) is 10.4. The Hall–Kier alpha value is -1.12. The molecule has 98 valence electrons. The molecule has 0 radical (unpaired) electrons. The van der Waals surface area contributed by atoms with Gasteiger partial charge in [-0.2, -0.15) is 4.39 Å². The van der Waals surface area contributed by atoms with Crippen LogP contribution >= 0.6 is 0 Å². The minimum Gasteiger partial charge on any atom is -0.490 e. The maximum atomic E-state index is 13.8. The van der Waals surface area contributed by atoms with Crippen molar-refractivity contribution in [3.63, 3.8) is 0 Å². The average Bonchev–Trinajstić information content (AvgIpc) is 3.22. The smallest absolute Gasteiger partial charge is 0.200 e. The molecule has 0 aliphatic heterocycles. The number of hydrogen-bond acceptors (Lipinski definition) is 1. The zero-order chi connectivity index (χ0) is 12.5. The van der Waals surface area contributed by atoms with Crippen molar-refractivity contribution < 1.29 is 13.5 Å². The molecule has 2 aliphatic rings. The van der Waals surface area contributed by atoms with Crippen LogP contribution in [-0.2, 0) is 6.42 Å². The maximum Gasteiger partial charge on any atom is 0.200 e. The normalized spacial score (nSPS) is 19.0. The van der Waals surface area contributed by atoms with E-state index in [1.807, 2.05) is 0 Å². The van der Waals surface area contributed by atoms with Crippen molar-refractivity contribution in [3.05, 3.63) is 29.3 Å². The molecule has 3 rings (SSSR count). The summed E-state index contributed by atoms with van der Waals surface area (Å²) in [5.74, 6) is -0.171.